The van der Waals surface area contributed by atoms with Gasteiger partial charge in [-0.3, -0.25) is 4.79 Å². The summed E-state index contributed by atoms with van der Waals surface area (Å²) in [5, 5.41) is 8.49. The predicted molar refractivity (Wildman–Crippen MR) is 82.6 cm³/mol. The highest BCUT2D eigenvalue weighted by atomic mass is 32.1. The Hall–Kier alpha value is -1.80. The fraction of sp³-hybridized carbons (Fsp3) is 0.429. The normalized spacial score (nSPS) is 17.1. The van der Waals surface area contributed by atoms with Gasteiger partial charge in [-0.2, -0.15) is 0 Å². The molecule has 1 aliphatic heterocycles. The number of hydrogen-bond acceptors (Lipinski definition) is 3. The molecule has 2 rings (SSSR count). The van der Waals surface area contributed by atoms with Gasteiger partial charge in [0.1, 0.15) is 0 Å². The average Bonchev–Trinajstić information content (AvgIpc) is 3.00. The van der Waals surface area contributed by atoms with E-state index < -0.39 is 17.5 Å². The molecular weight excluding hydrogens is 312 g/mol. The molecule has 1 heterocycles. The Morgan fingerprint density at radius 3 is 2.82 bits per heavy atom. The molecule has 0 aromatic heterocycles. The Morgan fingerprint density at radius 2 is 2.14 bits per heavy atom. The lowest BCUT2D eigenvalue weighted by Crippen LogP contribution is -2.42. The molecule has 1 saturated heterocycles. The number of nitrogens with one attached hydrogen (secondary N) is 3. The average molecular weight is 329 g/mol. The third kappa shape index (κ3) is 5.19. The first-order valence-corrected chi connectivity index (χ1v) is 7.33. The van der Waals surface area contributed by atoms with Crippen molar-refractivity contribution < 1.29 is 18.3 Å². The van der Waals surface area contributed by atoms with Gasteiger partial charge in [-0.05, 0) is 37.2 Å². The monoisotopic (exact) mass is 329 g/mol. The molecule has 1 aromatic rings. The second kappa shape index (κ2) is 8.00. The minimum atomic E-state index is -1.01. The van der Waals surface area contributed by atoms with Crippen molar-refractivity contribution >= 4 is 28.9 Å². The molecule has 0 radical (unpaired) electrons. The zero-order valence-electron chi connectivity index (χ0n) is 11.8. The molecule has 1 aromatic carbocycles. The van der Waals surface area contributed by atoms with Crippen LogP contribution in [0.1, 0.15) is 12.8 Å². The van der Waals surface area contributed by atoms with Crippen LogP contribution >= 0.6 is 12.2 Å². The molecule has 8 heteroatoms. The summed E-state index contributed by atoms with van der Waals surface area (Å²) in [7, 11) is 0. The first kappa shape index (κ1) is 16.6. The van der Waals surface area contributed by atoms with Crippen LogP contribution in [0.15, 0.2) is 18.2 Å². The van der Waals surface area contributed by atoms with Crippen LogP contribution in [0.4, 0.5) is 14.5 Å². The Bertz CT molecular complexity index is 551. The molecule has 0 saturated carbocycles. The van der Waals surface area contributed by atoms with E-state index >= 15 is 0 Å². The Morgan fingerprint density at radius 1 is 1.32 bits per heavy atom. The van der Waals surface area contributed by atoms with Crippen molar-refractivity contribution in [3.05, 3.63) is 29.8 Å². The lowest BCUT2D eigenvalue weighted by Gasteiger charge is -2.14. The lowest BCUT2D eigenvalue weighted by molar-refractivity contribution is -0.115. The van der Waals surface area contributed by atoms with Crippen LogP contribution < -0.4 is 16.0 Å². The van der Waals surface area contributed by atoms with Gasteiger partial charge in [0.25, 0.3) is 0 Å². The van der Waals surface area contributed by atoms with E-state index in [1.54, 1.807) is 0 Å². The van der Waals surface area contributed by atoms with Crippen molar-refractivity contribution in [1.82, 2.24) is 10.6 Å². The number of ether oxygens (including phenoxy) is 1. The molecule has 0 aliphatic carbocycles. The van der Waals surface area contributed by atoms with Gasteiger partial charge in [0.2, 0.25) is 5.91 Å². The van der Waals surface area contributed by atoms with Crippen molar-refractivity contribution in [2.45, 2.75) is 18.9 Å². The molecule has 22 heavy (non-hydrogen) atoms. The van der Waals surface area contributed by atoms with E-state index in [0.717, 1.165) is 31.6 Å². The van der Waals surface area contributed by atoms with Crippen LogP contribution in [-0.4, -0.2) is 36.8 Å². The van der Waals surface area contributed by atoms with Crippen LogP contribution in [0.5, 0.6) is 0 Å². The summed E-state index contributed by atoms with van der Waals surface area (Å²) in [6.07, 6.45) is 2.19. The third-order valence-electron chi connectivity index (χ3n) is 3.13. The maximum atomic E-state index is 13.0. The molecule has 5 nitrogen and oxygen atoms in total. The number of rotatable bonds is 5. The SMILES string of the molecule is O=C(CNC(=S)NC[C@@H]1CCCO1)Nc1ccc(F)c(F)c1. The molecule has 3 N–H and O–H groups in total. The van der Waals surface area contributed by atoms with Crippen molar-refractivity contribution in [2.24, 2.45) is 0 Å². The highest BCUT2D eigenvalue weighted by Crippen LogP contribution is 2.12. The summed E-state index contributed by atoms with van der Waals surface area (Å²) in [6, 6.07) is 3.15. The lowest BCUT2D eigenvalue weighted by atomic mass is 10.2. The van der Waals surface area contributed by atoms with E-state index in [2.05, 4.69) is 16.0 Å². The van der Waals surface area contributed by atoms with E-state index in [4.69, 9.17) is 17.0 Å². The van der Waals surface area contributed by atoms with E-state index in [0.29, 0.717) is 11.7 Å². The maximum Gasteiger partial charge on any atom is 0.243 e. The summed E-state index contributed by atoms with van der Waals surface area (Å²) >= 11 is 5.04. The highest BCUT2D eigenvalue weighted by Gasteiger charge is 2.15. The fourth-order valence-electron chi connectivity index (χ4n) is 2.01. The molecule has 0 unspecified atom stereocenters. The second-order valence-corrected chi connectivity index (χ2v) is 5.28. The summed E-state index contributed by atoms with van der Waals surface area (Å²) < 4.78 is 31.2. The van der Waals surface area contributed by atoms with Crippen molar-refractivity contribution in [3.8, 4) is 0 Å². The number of benzene rings is 1. The number of thiocarbonyl (C=S) groups is 1. The molecule has 1 aliphatic rings. The summed E-state index contributed by atoms with van der Waals surface area (Å²) in [6.45, 7) is 1.29. The maximum absolute atomic E-state index is 13.0. The molecule has 120 valence electrons. The number of carbonyl (C=O) groups is 1. The minimum absolute atomic E-state index is 0.0731. The number of carbonyl (C=O) groups excluding carboxylic acids is 1. The van der Waals surface area contributed by atoms with E-state index in [1.165, 1.54) is 6.07 Å². The van der Waals surface area contributed by atoms with Crippen LogP contribution in [-0.2, 0) is 9.53 Å². The van der Waals surface area contributed by atoms with Crippen LogP contribution in [0.2, 0.25) is 0 Å². The molecule has 1 atom stereocenters. The van der Waals surface area contributed by atoms with Gasteiger partial charge in [-0.15, -0.1) is 0 Å². The quantitative estimate of drug-likeness (QED) is 0.716. The van der Waals surface area contributed by atoms with Crippen LogP contribution in [0.25, 0.3) is 0 Å². The number of anilines is 1. The van der Waals surface area contributed by atoms with Crippen molar-refractivity contribution in [1.29, 1.82) is 0 Å². The number of amides is 1. The predicted octanol–water partition coefficient (Wildman–Crippen LogP) is 1.55. The summed E-state index contributed by atoms with van der Waals surface area (Å²) in [5.41, 5.74) is 0.184. The van der Waals surface area contributed by atoms with Gasteiger partial charge in [-0.25, -0.2) is 8.78 Å². The largest absolute Gasteiger partial charge is 0.376 e. The topological polar surface area (TPSA) is 62.4 Å². The second-order valence-electron chi connectivity index (χ2n) is 4.88. The Balaban J connectivity index is 1.68. The molecule has 0 bridgehead atoms. The Kier molecular flexibility index (Phi) is 6.02. The van der Waals surface area contributed by atoms with E-state index in [9.17, 15) is 13.6 Å². The van der Waals surface area contributed by atoms with E-state index in [-0.39, 0.29) is 18.3 Å². The smallest absolute Gasteiger partial charge is 0.243 e. The zero-order valence-corrected chi connectivity index (χ0v) is 12.6. The standard InChI is InChI=1S/C14H17F2N3O2S/c15-11-4-3-9(6-12(11)16)19-13(20)8-18-14(22)17-7-10-2-1-5-21-10/h3-4,6,10H,1-2,5,7-8H2,(H,19,20)(H2,17,18,22)/t10-/m0/s1. The van der Waals surface area contributed by atoms with Gasteiger partial charge in [0, 0.05) is 24.9 Å². The molecule has 1 fully saturated rings. The fourth-order valence-corrected chi connectivity index (χ4v) is 2.17. The van der Waals surface area contributed by atoms with Gasteiger partial charge in [0.05, 0.1) is 12.6 Å². The minimum Gasteiger partial charge on any atom is -0.376 e. The van der Waals surface area contributed by atoms with E-state index in [1.807, 2.05) is 0 Å². The first-order valence-electron chi connectivity index (χ1n) is 6.93. The number of hydrogen-bond donors (Lipinski definition) is 3. The van der Waals surface area contributed by atoms with Gasteiger partial charge in [0.15, 0.2) is 16.7 Å². The van der Waals surface area contributed by atoms with Crippen LogP contribution in [0.3, 0.4) is 0 Å². The molecule has 1 amide bonds. The summed E-state index contributed by atoms with van der Waals surface area (Å²) in [5.74, 6) is -2.39. The van der Waals surface area contributed by atoms with Gasteiger partial charge >= 0.3 is 0 Å². The number of halogens is 2. The first-order chi connectivity index (χ1) is 10.5. The highest BCUT2D eigenvalue weighted by molar-refractivity contribution is 7.80. The van der Waals surface area contributed by atoms with Crippen molar-refractivity contribution in [3.63, 3.8) is 0 Å². The third-order valence-corrected chi connectivity index (χ3v) is 3.42. The Labute approximate surface area is 132 Å². The molecular formula is C14H17F2N3O2S. The zero-order chi connectivity index (χ0) is 15.9. The van der Waals surface area contributed by atoms with Gasteiger partial charge in [-0.1, -0.05) is 0 Å². The van der Waals surface area contributed by atoms with Gasteiger partial charge < -0.3 is 20.7 Å². The molecule has 0 spiro atoms. The van der Waals surface area contributed by atoms with Crippen LogP contribution in [0, 0.1) is 11.6 Å². The summed E-state index contributed by atoms with van der Waals surface area (Å²) in [4.78, 5) is 11.7. The van der Waals surface area contributed by atoms with Crippen molar-refractivity contribution in [2.75, 3.05) is 25.0 Å².